The Morgan fingerprint density at radius 1 is 1.31 bits per heavy atom. The van der Waals surface area contributed by atoms with E-state index in [1.807, 2.05) is 30.3 Å². The van der Waals surface area contributed by atoms with Crippen molar-refractivity contribution in [2.45, 2.75) is 6.92 Å². The predicted molar refractivity (Wildman–Crippen MR) is 103 cm³/mol. The minimum absolute atomic E-state index is 0.0837. The Morgan fingerprint density at radius 2 is 2.08 bits per heavy atom. The number of benzene rings is 2. The number of halogens is 1. The summed E-state index contributed by atoms with van der Waals surface area (Å²) in [6.45, 7) is 1.99. The van der Waals surface area contributed by atoms with Gasteiger partial charge in [-0.05, 0) is 37.3 Å². The van der Waals surface area contributed by atoms with Crippen molar-refractivity contribution in [2.24, 2.45) is 4.99 Å². The molecule has 3 rings (SSSR count). The number of para-hydroxylation sites is 1. The van der Waals surface area contributed by atoms with Gasteiger partial charge in [0.2, 0.25) is 0 Å². The van der Waals surface area contributed by atoms with E-state index in [0.717, 1.165) is 10.2 Å². The molecule has 0 atom stereocenters. The topological polar surface area (TPSA) is 76.7 Å². The fourth-order valence-electron chi connectivity index (χ4n) is 2.34. The summed E-state index contributed by atoms with van der Waals surface area (Å²) < 4.78 is 7.45. The molecule has 0 aliphatic carbocycles. The van der Waals surface area contributed by atoms with Gasteiger partial charge in [0.1, 0.15) is 11.3 Å². The Bertz CT molecular complexity index is 952. The first kappa shape index (κ1) is 17.9. The third kappa shape index (κ3) is 3.83. The third-order valence-corrected chi connectivity index (χ3v) is 4.05. The second-order valence-corrected chi connectivity index (χ2v) is 6.23. The molecule has 0 bridgehead atoms. The van der Waals surface area contributed by atoms with Crippen LogP contribution in [-0.2, 0) is 4.74 Å². The summed E-state index contributed by atoms with van der Waals surface area (Å²) >= 11 is 3.36. The molecule has 132 valence electrons. The van der Waals surface area contributed by atoms with Crippen molar-refractivity contribution in [3.63, 3.8) is 0 Å². The molecule has 0 radical (unpaired) electrons. The van der Waals surface area contributed by atoms with Gasteiger partial charge in [0.25, 0.3) is 0 Å². The minimum Gasteiger partial charge on any atom is -0.507 e. The molecule has 2 aromatic carbocycles. The Labute approximate surface area is 158 Å². The highest BCUT2D eigenvalue weighted by Crippen LogP contribution is 2.26. The quantitative estimate of drug-likeness (QED) is 0.500. The monoisotopic (exact) mass is 413 g/mol. The van der Waals surface area contributed by atoms with E-state index in [1.165, 1.54) is 12.4 Å². The number of esters is 1. The predicted octanol–water partition coefficient (Wildman–Crippen LogP) is 4.27. The zero-order valence-corrected chi connectivity index (χ0v) is 15.5. The first-order valence-electron chi connectivity index (χ1n) is 7.93. The van der Waals surface area contributed by atoms with Crippen LogP contribution in [0.3, 0.4) is 0 Å². The van der Waals surface area contributed by atoms with E-state index in [-0.39, 0.29) is 17.9 Å². The molecule has 26 heavy (non-hydrogen) atoms. The standard InChI is InChI=1S/C19H16BrN3O3/c1-2-26-19(25)16-12-22-23(15-6-4-3-5-7-15)18(16)21-11-13-10-14(20)8-9-17(13)24/h3-12,24H,2H2,1H3. The van der Waals surface area contributed by atoms with Crippen molar-refractivity contribution in [1.29, 1.82) is 0 Å². The average Bonchev–Trinajstić information content (AvgIpc) is 3.07. The number of rotatable bonds is 5. The second-order valence-electron chi connectivity index (χ2n) is 5.31. The molecule has 0 amide bonds. The number of hydrogen-bond donors (Lipinski definition) is 1. The molecule has 1 heterocycles. The molecule has 6 nitrogen and oxygen atoms in total. The maximum absolute atomic E-state index is 12.2. The number of aliphatic imine (C=N–C) groups is 1. The molecule has 0 saturated carbocycles. The van der Waals surface area contributed by atoms with Crippen molar-refractivity contribution >= 4 is 33.9 Å². The molecule has 1 aromatic heterocycles. The van der Waals surface area contributed by atoms with Crippen LogP contribution in [0.4, 0.5) is 5.82 Å². The van der Waals surface area contributed by atoms with Gasteiger partial charge in [-0.1, -0.05) is 34.1 Å². The molecule has 0 spiro atoms. The molecule has 0 unspecified atom stereocenters. The average molecular weight is 414 g/mol. The number of ether oxygens (including phenoxy) is 1. The molecular formula is C19H16BrN3O3. The van der Waals surface area contributed by atoms with Gasteiger partial charge in [-0.25, -0.2) is 14.5 Å². The Kier molecular flexibility index (Phi) is 5.48. The van der Waals surface area contributed by atoms with Gasteiger partial charge in [0.05, 0.1) is 18.5 Å². The number of aromatic nitrogens is 2. The highest BCUT2D eigenvalue weighted by molar-refractivity contribution is 9.10. The van der Waals surface area contributed by atoms with Crippen molar-refractivity contribution < 1.29 is 14.6 Å². The molecule has 1 N–H and O–H groups in total. The number of nitrogens with zero attached hydrogens (tertiary/aromatic N) is 3. The molecule has 3 aromatic rings. The lowest BCUT2D eigenvalue weighted by Crippen LogP contribution is -2.04. The summed E-state index contributed by atoms with van der Waals surface area (Å²) in [6.07, 6.45) is 2.91. The van der Waals surface area contributed by atoms with Crippen LogP contribution in [0.25, 0.3) is 5.69 Å². The normalized spacial score (nSPS) is 11.0. The molecule has 0 fully saturated rings. The summed E-state index contributed by atoms with van der Waals surface area (Å²) in [7, 11) is 0. The highest BCUT2D eigenvalue weighted by atomic mass is 79.9. The van der Waals surface area contributed by atoms with Gasteiger partial charge in [0, 0.05) is 16.3 Å². The number of carbonyl (C=O) groups is 1. The zero-order chi connectivity index (χ0) is 18.5. The van der Waals surface area contributed by atoms with E-state index in [1.54, 1.807) is 29.8 Å². The first-order valence-corrected chi connectivity index (χ1v) is 8.72. The van der Waals surface area contributed by atoms with Gasteiger partial charge in [0.15, 0.2) is 5.82 Å². The van der Waals surface area contributed by atoms with Crippen LogP contribution in [0.15, 0.2) is 64.2 Å². The van der Waals surface area contributed by atoms with E-state index in [9.17, 15) is 9.90 Å². The lowest BCUT2D eigenvalue weighted by Gasteiger charge is -2.06. The summed E-state index contributed by atoms with van der Waals surface area (Å²) in [5, 5.41) is 14.3. The van der Waals surface area contributed by atoms with Gasteiger partial charge in [-0.15, -0.1) is 0 Å². The Balaban J connectivity index is 2.08. The lowest BCUT2D eigenvalue weighted by atomic mass is 10.2. The van der Waals surface area contributed by atoms with Gasteiger partial charge < -0.3 is 9.84 Å². The molecule has 0 saturated heterocycles. The number of phenolic OH excluding ortho intramolecular Hbond substituents is 1. The lowest BCUT2D eigenvalue weighted by molar-refractivity contribution is 0.0527. The number of carbonyl (C=O) groups excluding carboxylic acids is 1. The SMILES string of the molecule is CCOC(=O)c1cnn(-c2ccccc2)c1N=Cc1cc(Br)ccc1O. The van der Waals surface area contributed by atoms with Crippen LogP contribution in [0.2, 0.25) is 0 Å². The van der Waals surface area contributed by atoms with Gasteiger partial charge >= 0.3 is 5.97 Å². The molecule has 0 aliphatic heterocycles. The van der Waals surface area contributed by atoms with Crippen molar-refractivity contribution in [1.82, 2.24) is 9.78 Å². The van der Waals surface area contributed by atoms with Crippen LogP contribution in [0, 0.1) is 0 Å². The van der Waals surface area contributed by atoms with Gasteiger partial charge in [-0.3, -0.25) is 0 Å². The van der Waals surface area contributed by atoms with Crippen LogP contribution in [0.5, 0.6) is 5.75 Å². The smallest absolute Gasteiger partial charge is 0.343 e. The largest absolute Gasteiger partial charge is 0.507 e. The van der Waals surface area contributed by atoms with Crippen molar-refractivity contribution in [2.75, 3.05) is 6.61 Å². The van der Waals surface area contributed by atoms with E-state index in [4.69, 9.17) is 4.74 Å². The molecular weight excluding hydrogens is 398 g/mol. The first-order chi connectivity index (χ1) is 12.6. The van der Waals surface area contributed by atoms with Crippen molar-refractivity contribution in [3.05, 3.63) is 70.3 Å². The fraction of sp³-hybridized carbons (Fsp3) is 0.105. The number of hydrogen-bond acceptors (Lipinski definition) is 5. The number of aromatic hydroxyl groups is 1. The highest BCUT2D eigenvalue weighted by Gasteiger charge is 2.19. The van der Waals surface area contributed by atoms with Crippen LogP contribution < -0.4 is 0 Å². The summed E-state index contributed by atoms with van der Waals surface area (Å²) in [6, 6.07) is 14.4. The van der Waals surface area contributed by atoms with Crippen LogP contribution in [0.1, 0.15) is 22.8 Å². The van der Waals surface area contributed by atoms with E-state index in [0.29, 0.717) is 11.4 Å². The van der Waals surface area contributed by atoms with E-state index in [2.05, 4.69) is 26.0 Å². The molecule has 7 heteroatoms. The maximum Gasteiger partial charge on any atom is 0.343 e. The van der Waals surface area contributed by atoms with Crippen LogP contribution in [-0.4, -0.2) is 33.7 Å². The third-order valence-electron chi connectivity index (χ3n) is 3.56. The van der Waals surface area contributed by atoms with Gasteiger partial charge in [-0.2, -0.15) is 5.10 Å². The summed E-state index contributed by atoms with van der Waals surface area (Å²) in [4.78, 5) is 16.6. The molecule has 0 aliphatic rings. The zero-order valence-electron chi connectivity index (χ0n) is 14.0. The number of phenols is 1. The van der Waals surface area contributed by atoms with Crippen LogP contribution >= 0.6 is 15.9 Å². The van der Waals surface area contributed by atoms with E-state index >= 15 is 0 Å². The summed E-state index contributed by atoms with van der Waals surface area (Å²) in [5.74, 6) is -0.0882. The minimum atomic E-state index is -0.500. The Hall–Kier alpha value is -2.93. The maximum atomic E-state index is 12.2. The van der Waals surface area contributed by atoms with Crippen molar-refractivity contribution in [3.8, 4) is 11.4 Å². The summed E-state index contributed by atoms with van der Waals surface area (Å²) in [5.41, 5.74) is 1.52. The Morgan fingerprint density at radius 3 is 2.81 bits per heavy atom. The second kappa shape index (κ2) is 7.97. The van der Waals surface area contributed by atoms with E-state index < -0.39 is 5.97 Å². The fourth-order valence-corrected chi connectivity index (χ4v) is 2.72.